The molecule has 0 aromatic carbocycles. The first-order valence-corrected chi connectivity index (χ1v) is 15.8. The highest BCUT2D eigenvalue weighted by Gasteiger charge is 2.25. The normalized spacial score (nSPS) is 13.4. The summed E-state index contributed by atoms with van der Waals surface area (Å²) in [7, 11) is -2.59. The first-order valence-electron chi connectivity index (χ1n) is 9.27. The summed E-state index contributed by atoms with van der Waals surface area (Å²) in [4.78, 5) is 2.54. The van der Waals surface area contributed by atoms with Gasteiger partial charge in [-0.15, -0.1) is 0 Å². The highest BCUT2D eigenvalue weighted by molar-refractivity contribution is 6.73. The molecule has 22 heavy (non-hydrogen) atoms. The molecule has 0 amide bonds. The van der Waals surface area contributed by atoms with Crippen molar-refractivity contribution in [3.8, 4) is 0 Å². The van der Waals surface area contributed by atoms with Crippen LogP contribution in [0.15, 0.2) is 0 Å². The fourth-order valence-corrected chi connectivity index (χ4v) is 6.53. The summed E-state index contributed by atoms with van der Waals surface area (Å²) in [5, 5.41) is 0. The van der Waals surface area contributed by atoms with Crippen molar-refractivity contribution < 1.29 is 4.43 Å². The molecule has 0 saturated heterocycles. The first kappa shape index (κ1) is 22.3. The molecule has 0 N–H and O–H groups in total. The van der Waals surface area contributed by atoms with Crippen LogP contribution < -0.4 is 0 Å². The summed E-state index contributed by atoms with van der Waals surface area (Å²) < 4.78 is 8.73. The van der Waals surface area contributed by atoms with E-state index in [4.69, 9.17) is 4.43 Å². The number of unbranched alkanes of at least 4 members (excludes halogenated alkanes) is 1. The van der Waals surface area contributed by atoms with Crippen LogP contribution >= 0.6 is 0 Å². The molecule has 0 radical (unpaired) electrons. The maximum atomic E-state index is 5.94. The number of likely N-dealkylation sites (N-methyl/N-ethyl adjacent to an activating group) is 1. The molecular formula is C17H42N2OSi2. The second-order valence-corrected chi connectivity index (χ2v) is 17.1. The van der Waals surface area contributed by atoms with Gasteiger partial charge in [-0.3, -0.25) is 0 Å². The van der Waals surface area contributed by atoms with E-state index in [1.54, 1.807) is 0 Å². The fraction of sp³-hybridized carbons (Fsp3) is 1.00. The second kappa shape index (κ2) is 11.0. The Bertz CT molecular complexity index is 276. The summed E-state index contributed by atoms with van der Waals surface area (Å²) in [6.07, 6.45) is 2.65. The van der Waals surface area contributed by atoms with Crippen LogP contribution in [-0.2, 0) is 4.43 Å². The van der Waals surface area contributed by atoms with E-state index in [1.165, 1.54) is 51.6 Å². The van der Waals surface area contributed by atoms with Gasteiger partial charge < -0.3 is 13.9 Å². The number of hydrogen-bond donors (Lipinski definition) is 0. The lowest BCUT2D eigenvalue weighted by Gasteiger charge is -2.36. The third-order valence-corrected chi connectivity index (χ3v) is 9.49. The molecule has 0 aromatic heterocycles. The van der Waals surface area contributed by atoms with Crippen LogP contribution in [0.3, 0.4) is 0 Å². The van der Waals surface area contributed by atoms with Crippen LogP contribution in [0.1, 0.15) is 33.6 Å². The number of rotatable bonds is 13. The molecule has 0 unspecified atom stereocenters. The van der Waals surface area contributed by atoms with Gasteiger partial charge in [0.25, 0.3) is 0 Å². The van der Waals surface area contributed by atoms with Crippen molar-refractivity contribution in [2.45, 2.75) is 72.4 Å². The van der Waals surface area contributed by atoms with Gasteiger partial charge in [-0.2, -0.15) is 0 Å². The topological polar surface area (TPSA) is 15.7 Å². The van der Waals surface area contributed by atoms with Crippen molar-refractivity contribution in [1.29, 1.82) is 0 Å². The van der Waals surface area contributed by atoms with Gasteiger partial charge in [0.1, 0.15) is 8.24 Å². The van der Waals surface area contributed by atoms with Crippen molar-refractivity contribution in [2.75, 3.05) is 39.3 Å². The van der Waals surface area contributed by atoms with Gasteiger partial charge in [-0.25, -0.2) is 0 Å². The highest BCUT2D eigenvalue weighted by atomic mass is 28.4. The van der Waals surface area contributed by atoms with Crippen LogP contribution in [0.5, 0.6) is 0 Å². The standard InChI is InChI=1S/C17H42N2OSi2/c1-9-18(10-2)15-16-19(21(4,5)6)14-12-13-17-22(7,8)20-11-3/h9-17H2,1-8H3. The summed E-state index contributed by atoms with van der Waals surface area (Å²) in [5.41, 5.74) is 0. The lowest BCUT2D eigenvalue weighted by Crippen LogP contribution is -2.49. The Hall–Kier alpha value is 0.314. The zero-order chi connectivity index (χ0) is 17.2. The Morgan fingerprint density at radius 3 is 1.82 bits per heavy atom. The van der Waals surface area contributed by atoms with Crippen LogP contribution in [0.25, 0.3) is 0 Å². The molecule has 0 atom stereocenters. The van der Waals surface area contributed by atoms with E-state index in [-0.39, 0.29) is 0 Å². The molecule has 0 saturated carbocycles. The Balaban J connectivity index is 4.22. The minimum atomic E-state index is -1.38. The molecule has 0 aliphatic heterocycles. The van der Waals surface area contributed by atoms with Gasteiger partial charge >= 0.3 is 0 Å². The summed E-state index contributed by atoms with van der Waals surface area (Å²) >= 11 is 0. The SMILES string of the molecule is CCO[Si](C)(C)CCCCN(CCN(CC)CC)[Si](C)(C)C. The second-order valence-electron chi connectivity index (χ2n) is 7.83. The highest BCUT2D eigenvalue weighted by Crippen LogP contribution is 2.17. The largest absolute Gasteiger partial charge is 0.418 e. The summed E-state index contributed by atoms with van der Waals surface area (Å²) in [6.45, 7) is 25.8. The van der Waals surface area contributed by atoms with E-state index in [9.17, 15) is 0 Å². The van der Waals surface area contributed by atoms with Crippen LogP contribution in [0, 0.1) is 0 Å². The average Bonchev–Trinajstić information content (AvgIpc) is 2.40. The van der Waals surface area contributed by atoms with Crippen molar-refractivity contribution in [3.05, 3.63) is 0 Å². The Morgan fingerprint density at radius 1 is 0.773 bits per heavy atom. The van der Waals surface area contributed by atoms with E-state index in [1.807, 2.05) is 0 Å². The van der Waals surface area contributed by atoms with Gasteiger partial charge in [-0.1, -0.05) is 39.9 Å². The molecule has 0 heterocycles. The third kappa shape index (κ3) is 10.2. The van der Waals surface area contributed by atoms with E-state index < -0.39 is 16.6 Å². The monoisotopic (exact) mass is 346 g/mol. The lowest BCUT2D eigenvalue weighted by atomic mass is 10.3. The summed E-state index contributed by atoms with van der Waals surface area (Å²) in [5.74, 6) is 0. The Morgan fingerprint density at radius 2 is 1.36 bits per heavy atom. The molecule has 0 aliphatic carbocycles. The average molecular weight is 347 g/mol. The molecule has 0 aromatic rings. The van der Waals surface area contributed by atoms with Gasteiger partial charge in [0, 0.05) is 19.7 Å². The van der Waals surface area contributed by atoms with Crippen molar-refractivity contribution in [1.82, 2.24) is 9.47 Å². The predicted octanol–water partition coefficient (Wildman–Crippen LogP) is 4.49. The molecule has 5 heteroatoms. The van der Waals surface area contributed by atoms with E-state index in [2.05, 4.69) is 63.0 Å². The molecule has 0 spiro atoms. The molecule has 0 rings (SSSR count). The molecule has 134 valence electrons. The van der Waals surface area contributed by atoms with E-state index in [0.29, 0.717) is 0 Å². The molecule has 0 bridgehead atoms. The molecular weight excluding hydrogens is 304 g/mol. The van der Waals surface area contributed by atoms with Gasteiger partial charge in [0.2, 0.25) is 0 Å². The van der Waals surface area contributed by atoms with E-state index >= 15 is 0 Å². The lowest BCUT2D eigenvalue weighted by molar-refractivity contribution is 0.267. The van der Waals surface area contributed by atoms with Crippen molar-refractivity contribution >= 4 is 16.6 Å². The molecule has 3 nitrogen and oxygen atoms in total. The van der Waals surface area contributed by atoms with Crippen LogP contribution in [0.2, 0.25) is 38.8 Å². The van der Waals surface area contributed by atoms with E-state index in [0.717, 1.165) is 6.61 Å². The predicted molar refractivity (Wildman–Crippen MR) is 106 cm³/mol. The Labute approximate surface area is 142 Å². The quantitative estimate of drug-likeness (QED) is 0.361. The number of nitrogens with zero attached hydrogens (tertiary/aromatic N) is 2. The van der Waals surface area contributed by atoms with Gasteiger partial charge in [0.05, 0.1) is 0 Å². The minimum Gasteiger partial charge on any atom is -0.418 e. The minimum absolute atomic E-state index is 0.879. The first-order chi connectivity index (χ1) is 10.2. The van der Waals surface area contributed by atoms with Crippen LogP contribution in [-0.4, -0.2) is 65.3 Å². The molecule has 0 aliphatic rings. The zero-order valence-corrected chi connectivity index (χ0v) is 18.7. The fourth-order valence-electron chi connectivity index (χ4n) is 2.90. The van der Waals surface area contributed by atoms with Crippen molar-refractivity contribution in [2.24, 2.45) is 0 Å². The number of hydrogen-bond acceptors (Lipinski definition) is 3. The smallest absolute Gasteiger partial charge is 0.186 e. The molecule has 0 fully saturated rings. The third-order valence-electron chi connectivity index (χ3n) is 4.52. The maximum Gasteiger partial charge on any atom is 0.186 e. The zero-order valence-electron chi connectivity index (χ0n) is 16.7. The van der Waals surface area contributed by atoms with Gasteiger partial charge in [0.15, 0.2) is 8.32 Å². The van der Waals surface area contributed by atoms with Crippen LogP contribution in [0.4, 0.5) is 0 Å². The Kier molecular flexibility index (Phi) is 11.1. The van der Waals surface area contributed by atoms with Crippen molar-refractivity contribution in [3.63, 3.8) is 0 Å². The maximum absolute atomic E-state index is 5.94. The van der Waals surface area contributed by atoms with Gasteiger partial charge in [-0.05, 0) is 52.1 Å². The summed E-state index contributed by atoms with van der Waals surface area (Å²) in [6, 6.07) is 1.30.